The van der Waals surface area contributed by atoms with Crippen LogP contribution in [0.1, 0.15) is 44.9 Å². The van der Waals surface area contributed by atoms with Gasteiger partial charge in [-0.3, -0.25) is 4.79 Å². The number of amides is 1. The molecule has 26 heavy (non-hydrogen) atoms. The van der Waals surface area contributed by atoms with E-state index < -0.39 is 0 Å². The molecule has 2 saturated carbocycles. The van der Waals surface area contributed by atoms with E-state index in [9.17, 15) is 4.79 Å². The van der Waals surface area contributed by atoms with Crippen molar-refractivity contribution < 1.29 is 4.79 Å². The van der Waals surface area contributed by atoms with E-state index in [-0.39, 0.29) is 12.0 Å². The van der Waals surface area contributed by atoms with Crippen molar-refractivity contribution >= 4 is 11.7 Å². The van der Waals surface area contributed by atoms with E-state index in [4.69, 9.17) is 5.73 Å². The molecule has 0 spiro atoms. The van der Waals surface area contributed by atoms with Gasteiger partial charge in [-0.2, -0.15) is 5.10 Å². The SMILES string of the molecule is CN(C(=O)C1CC2CCCC(C1)C2N)C1CCCN(c2cccnn2)C1. The summed E-state index contributed by atoms with van der Waals surface area (Å²) in [5.74, 6) is 2.51. The van der Waals surface area contributed by atoms with Crippen molar-refractivity contribution in [2.24, 2.45) is 23.5 Å². The summed E-state index contributed by atoms with van der Waals surface area (Å²) < 4.78 is 0. The van der Waals surface area contributed by atoms with E-state index in [1.54, 1.807) is 6.20 Å². The van der Waals surface area contributed by atoms with Crippen LogP contribution in [-0.2, 0) is 4.79 Å². The van der Waals surface area contributed by atoms with Crippen molar-refractivity contribution in [2.45, 2.75) is 57.0 Å². The van der Waals surface area contributed by atoms with Gasteiger partial charge in [0.15, 0.2) is 5.82 Å². The van der Waals surface area contributed by atoms with E-state index in [2.05, 4.69) is 15.1 Å². The minimum atomic E-state index is 0.169. The number of hydrogen-bond acceptors (Lipinski definition) is 5. The number of aromatic nitrogens is 2. The fraction of sp³-hybridized carbons (Fsp3) is 0.750. The lowest BCUT2D eigenvalue weighted by Crippen LogP contribution is -2.53. The summed E-state index contributed by atoms with van der Waals surface area (Å²) in [5.41, 5.74) is 6.40. The van der Waals surface area contributed by atoms with Crippen LogP contribution in [0.5, 0.6) is 0 Å². The van der Waals surface area contributed by atoms with E-state index in [0.29, 0.717) is 23.8 Å². The second-order valence-corrected chi connectivity index (χ2v) is 8.47. The first-order valence-electron chi connectivity index (χ1n) is 10.2. The Morgan fingerprint density at radius 3 is 2.69 bits per heavy atom. The van der Waals surface area contributed by atoms with Crippen LogP contribution in [0.15, 0.2) is 18.3 Å². The first-order valence-corrected chi connectivity index (χ1v) is 10.2. The van der Waals surface area contributed by atoms with Crippen LogP contribution >= 0.6 is 0 Å². The normalized spacial score (nSPS) is 34.4. The average molecular weight is 358 g/mol. The summed E-state index contributed by atoms with van der Waals surface area (Å²) in [6.45, 7) is 1.83. The highest BCUT2D eigenvalue weighted by molar-refractivity contribution is 5.79. The van der Waals surface area contributed by atoms with Crippen LogP contribution in [0, 0.1) is 17.8 Å². The number of nitrogens with zero attached hydrogens (tertiary/aromatic N) is 4. The standard InChI is InChI=1S/C20H31N5O/c1-24(17-7-4-10-25(13-17)18-8-3-9-22-23-18)20(26)16-11-14-5-2-6-15(12-16)19(14)21/h3,8-9,14-17,19H,2,4-7,10-13,21H2,1H3. The molecule has 0 aromatic carbocycles. The number of likely N-dealkylation sites (N-methyl/N-ethyl adjacent to an activating group) is 1. The summed E-state index contributed by atoms with van der Waals surface area (Å²) in [5, 5.41) is 8.23. The molecule has 3 unspecified atom stereocenters. The predicted octanol–water partition coefficient (Wildman–Crippen LogP) is 2.06. The molecule has 2 aliphatic carbocycles. The molecule has 1 aromatic rings. The minimum Gasteiger partial charge on any atom is -0.353 e. The molecule has 4 rings (SSSR count). The molecule has 1 aromatic heterocycles. The Morgan fingerprint density at radius 1 is 1.23 bits per heavy atom. The first kappa shape index (κ1) is 17.7. The third-order valence-electron chi connectivity index (χ3n) is 6.94. The van der Waals surface area contributed by atoms with Gasteiger partial charge in [-0.25, -0.2) is 0 Å². The number of nitrogens with two attached hydrogens (primary N) is 1. The van der Waals surface area contributed by atoms with Crippen molar-refractivity contribution in [3.8, 4) is 0 Å². The molecular weight excluding hydrogens is 326 g/mol. The van der Waals surface area contributed by atoms with Gasteiger partial charge in [0, 0.05) is 44.3 Å². The van der Waals surface area contributed by atoms with Gasteiger partial charge in [-0.15, -0.1) is 5.10 Å². The van der Waals surface area contributed by atoms with E-state index in [1.165, 1.54) is 19.3 Å². The Bertz CT molecular complexity index is 610. The lowest BCUT2D eigenvalue weighted by Gasteiger charge is -2.45. The van der Waals surface area contributed by atoms with E-state index in [0.717, 1.165) is 44.6 Å². The van der Waals surface area contributed by atoms with Crippen molar-refractivity contribution in [1.29, 1.82) is 0 Å². The van der Waals surface area contributed by atoms with Crippen molar-refractivity contribution in [2.75, 3.05) is 25.0 Å². The number of hydrogen-bond donors (Lipinski definition) is 1. The van der Waals surface area contributed by atoms with E-state index >= 15 is 0 Å². The van der Waals surface area contributed by atoms with Gasteiger partial charge in [-0.05, 0) is 62.5 Å². The molecule has 2 bridgehead atoms. The number of carbonyl (C=O) groups is 1. The molecule has 1 aliphatic heterocycles. The number of piperidine rings is 1. The molecule has 0 radical (unpaired) electrons. The lowest BCUT2D eigenvalue weighted by molar-refractivity contribution is -0.139. The maximum Gasteiger partial charge on any atom is 0.225 e. The molecule has 2 heterocycles. The summed E-state index contributed by atoms with van der Waals surface area (Å²) in [6.07, 6.45) is 9.52. The first-order chi connectivity index (χ1) is 12.6. The van der Waals surface area contributed by atoms with Crippen LogP contribution in [0.4, 0.5) is 5.82 Å². The molecule has 142 valence electrons. The van der Waals surface area contributed by atoms with Crippen LogP contribution in [0.2, 0.25) is 0 Å². The highest BCUT2D eigenvalue weighted by Crippen LogP contribution is 2.42. The molecule has 3 aliphatic rings. The smallest absolute Gasteiger partial charge is 0.225 e. The fourth-order valence-corrected chi connectivity index (χ4v) is 5.40. The highest BCUT2D eigenvalue weighted by atomic mass is 16.2. The van der Waals surface area contributed by atoms with Crippen LogP contribution in [0.25, 0.3) is 0 Å². The zero-order valence-electron chi connectivity index (χ0n) is 15.8. The van der Waals surface area contributed by atoms with E-state index in [1.807, 2.05) is 24.1 Å². The van der Waals surface area contributed by atoms with Gasteiger partial charge in [0.1, 0.15) is 0 Å². The Hall–Kier alpha value is -1.69. The summed E-state index contributed by atoms with van der Waals surface area (Å²) >= 11 is 0. The van der Waals surface area contributed by atoms with Crippen molar-refractivity contribution in [3.05, 3.63) is 18.3 Å². The number of anilines is 1. The largest absolute Gasteiger partial charge is 0.353 e. The summed E-state index contributed by atoms with van der Waals surface area (Å²) in [4.78, 5) is 17.5. The molecule has 2 N–H and O–H groups in total. The topological polar surface area (TPSA) is 75.3 Å². The summed E-state index contributed by atoms with van der Waals surface area (Å²) in [7, 11) is 2.00. The van der Waals surface area contributed by atoms with Crippen molar-refractivity contribution in [1.82, 2.24) is 15.1 Å². The second-order valence-electron chi connectivity index (χ2n) is 8.47. The highest BCUT2D eigenvalue weighted by Gasteiger charge is 2.42. The third-order valence-corrected chi connectivity index (χ3v) is 6.94. The number of carbonyl (C=O) groups excluding carboxylic acids is 1. The van der Waals surface area contributed by atoms with Gasteiger partial charge in [0.05, 0.1) is 0 Å². The Kier molecular flexibility index (Phi) is 5.11. The lowest BCUT2D eigenvalue weighted by atomic mass is 9.65. The molecule has 3 atom stereocenters. The molecular formula is C20H31N5O. The molecule has 6 heteroatoms. The number of fused-ring (bicyclic) bond motifs is 2. The monoisotopic (exact) mass is 357 g/mol. The quantitative estimate of drug-likeness (QED) is 0.896. The molecule has 3 fully saturated rings. The number of rotatable bonds is 3. The van der Waals surface area contributed by atoms with Crippen LogP contribution < -0.4 is 10.6 Å². The van der Waals surface area contributed by atoms with Gasteiger partial charge in [0.2, 0.25) is 5.91 Å². The fourth-order valence-electron chi connectivity index (χ4n) is 5.40. The van der Waals surface area contributed by atoms with Gasteiger partial charge in [-0.1, -0.05) is 6.42 Å². The van der Waals surface area contributed by atoms with Crippen molar-refractivity contribution in [3.63, 3.8) is 0 Å². The van der Waals surface area contributed by atoms with Crippen LogP contribution in [0.3, 0.4) is 0 Å². The van der Waals surface area contributed by atoms with Gasteiger partial charge >= 0.3 is 0 Å². The Balaban J connectivity index is 1.40. The maximum absolute atomic E-state index is 13.2. The summed E-state index contributed by atoms with van der Waals surface area (Å²) in [6, 6.07) is 4.50. The van der Waals surface area contributed by atoms with Gasteiger partial charge in [0.25, 0.3) is 0 Å². The Morgan fingerprint density at radius 2 is 2.00 bits per heavy atom. The van der Waals surface area contributed by atoms with Crippen LogP contribution in [-0.4, -0.2) is 53.2 Å². The maximum atomic E-state index is 13.2. The molecule has 6 nitrogen and oxygen atoms in total. The zero-order chi connectivity index (χ0) is 18.1. The molecule has 1 amide bonds. The zero-order valence-corrected chi connectivity index (χ0v) is 15.8. The Labute approximate surface area is 156 Å². The minimum absolute atomic E-state index is 0.169. The predicted molar refractivity (Wildman–Crippen MR) is 102 cm³/mol. The average Bonchev–Trinajstić information content (AvgIpc) is 2.67. The van der Waals surface area contributed by atoms with Gasteiger partial charge < -0.3 is 15.5 Å². The second kappa shape index (κ2) is 7.51. The molecule has 1 saturated heterocycles. The third kappa shape index (κ3) is 3.43.